The molecule has 0 spiro atoms. The third kappa shape index (κ3) is 3.18. The number of carbonyl (C=O) groups is 1. The van der Waals surface area contributed by atoms with E-state index in [-0.39, 0.29) is 17.7 Å². The molecule has 0 aromatic carbocycles. The zero-order valence-electron chi connectivity index (χ0n) is 10.3. The van der Waals surface area contributed by atoms with Crippen LogP contribution in [0.2, 0.25) is 0 Å². The average Bonchev–Trinajstić information content (AvgIpc) is 2.88. The molecule has 0 saturated carbocycles. The Balaban J connectivity index is 2.01. The minimum atomic E-state index is -0.401. The Morgan fingerprint density at radius 3 is 3.05 bits per heavy atom. The second-order valence-electron chi connectivity index (χ2n) is 4.07. The number of nitrogens with one attached hydrogen (secondary N) is 1. The van der Waals surface area contributed by atoms with Gasteiger partial charge in [0.15, 0.2) is 4.96 Å². The van der Waals surface area contributed by atoms with Crippen molar-refractivity contribution in [1.29, 1.82) is 0 Å². The lowest BCUT2D eigenvalue weighted by atomic mass is 10.2. The van der Waals surface area contributed by atoms with E-state index >= 15 is 0 Å². The summed E-state index contributed by atoms with van der Waals surface area (Å²) in [7, 11) is 0. The van der Waals surface area contributed by atoms with E-state index in [0.717, 1.165) is 19.3 Å². The van der Waals surface area contributed by atoms with Crippen LogP contribution in [0.5, 0.6) is 0 Å². The number of unbranched alkanes of at least 4 members (excludes halogenated alkanes) is 2. The first-order valence-electron chi connectivity index (χ1n) is 6.08. The van der Waals surface area contributed by atoms with Gasteiger partial charge in [0.25, 0.3) is 11.5 Å². The summed E-state index contributed by atoms with van der Waals surface area (Å²) in [5.74, 6) is -0.401. The van der Waals surface area contributed by atoms with Crippen molar-refractivity contribution in [3.05, 3.63) is 33.7 Å². The highest BCUT2D eigenvalue weighted by Gasteiger charge is 2.12. The molecule has 0 atom stereocenters. The van der Waals surface area contributed by atoms with Crippen molar-refractivity contribution < 1.29 is 9.90 Å². The molecule has 0 fully saturated rings. The summed E-state index contributed by atoms with van der Waals surface area (Å²) < 4.78 is 1.37. The van der Waals surface area contributed by atoms with Crippen LogP contribution in [0.15, 0.2) is 22.6 Å². The number of hydrogen-bond donors (Lipinski definition) is 2. The number of aromatic nitrogens is 2. The number of aliphatic hydroxyl groups is 1. The van der Waals surface area contributed by atoms with Crippen molar-refractivity contribution in [2.75, 3.05) is 13.2 Å². The molecule has 0 saturated heterocycles. The van der Waals surface area contributed by atoms with Gasteiger partial charge in [-0.05, 0) is 19.3 Å². The van der Waals surface area contributed by atoms with Crippen molar-refractivity contribution in [1.82, 2.24) is 14.7 Å². The number of rotatable bonds is 6. The van der Waals surface area contributed by atoms with Crippen LogP contribution in [0.3, 0.4) is 0 Å². The molecular formula is C12H15N3O3S. The largest absolute Gasteiger partial charge is 0.396 e. The SMILES string of the molecule is O=C(NCCCCCO)c1cnc2sccn2c1=O. The van der Waals surface area contributed by atoms with Gasteiger partial charge in [-0.3, -0.25) is 14.0 Å². The van der Waals surface area contributed by atoms with Gasteiger partial charge in [-0.25, -0.2) is 4.98 Å². The Hall–Kier alpha value is -1.73. The van der Waals surface area contributed by atoms with Crippen LogP contribution >= 0.6 is 11.3 Å². The molecule has 0 unspecified atom stereocenters. The monoisotopic (exact) mass is 281 g/mol. The lowest BCUT2D eigenvalue weighted by molar-refractivity contribution is 0.0951. The summed E-state index contributed by atoms with van der Waals surface area (Å²) in [5.41, 5.74) is -0.294. The first-order valence-corrected chi connectivity index (χ1v) is 6.96. The zero-order chi connectivity index (χ0) is 13.7. The summed E-state index contributed by atoms with van der Waals surface area (Å²) in [5, 5.41) is 13.1. The van der Waals surface area contributed by atoms with Crippen LogP contribution in [0, 0.1) is 0 Å². The topological polar surface area (TPSA) is 83.7 Å². The van der Waals surface area contributed by atoms with Gasteiger partial charge in [-0.1, -0.05) is 0 Å². The average molecular weight is 281 g/mol. The fraction of sp³-hybridized carbons (Fsp3) is 0.417. The number of hydrogen-bond acceptors (Lipinski definition) is 5. The molecule has 6 nitrogen and oxygen atoms in total. The highest BCUT2D eigenvalue weighted by Crippen LogP contribution is 2.05. The molecule has 2 heterocycles. The zero-order valence-corrected chi connectivity index (χ0v) is 11.2. The molecule has 19 heavy (non-hydrogen) atoms. The minimum absolute atomic E-state index is 0.0538. The number of thiazole rings is 1. The number of nitrogens with zero attached hydrogens (tertiary/aromatic N) is 2. The molecule has 2 rings (SSSR count). The van der Waals surface area contributed by atoms with Gasteiger partial charge in [0.1, 0.15) is 5.56 Å². The third-order valence-corrected chi connectivity index (χ3v) is 3.48. The van der Waals surface area contributed by atoms with E-state index in [9.17, 15) is 9.59 Å². The summed E-state index contributed by atoms with van der Waals surface area (Å²) >= 11 is 1.35. The summed E-state index contributed by atoms with van der Waals surface area (Å²) in [4.78, 5) is 28.5. The van der Waals surface area contributed by atoms with Crippen LogP contribution in [0.1, 0.15) is 29.6 Å². The molecule has 2 aromatic rings. The molecule has 102 valence electrons. The standard InChI is InChI=1S/C12H15N3O3S/c16-6-3-1-2-4-13-10(17)9-8-14-12-15(11(9)18)5-7-19-12/h5,7-8,16H,1-4,6H2,(H,13,17). The van der Waals surface area contributed by atoms with Gasteiger partial charge in [0.05, 0.1) is 0 Å². The molecule has 7 heteroatoms. The Kier molecular flexibility index (Phi) is 4.64. The molecule has 2 N–H and O–H groups in total. The summed E-state index contributed by atoms with van der Waals surface area (Å²) in [6.07, 6.45) is 5.27. The fourth-order valence-electron chi connectivity index (χ4n) is 1.69. The maximum atomic E-state index is 12.0. The van der Waals surface area contributed by atoms with Crippen molar-refractivity contribution in [3.63, 3.8) is 0 Å². The van der Waals surface area contributed by atoms with Crippen LogP contribution in [-0.4, -0.2) is 33.6 Å². The molecule has 0 radical (unpaired) electrons. The van der Waals surface area contributed by atoms with Crippen molar-refractivity contribution in [2.24, 2.45) is 0 Å². The van der Waals surface area contributed by atoms with E-state index in [2.05, 4.69) is 10.3 Å². The molecule has 2 aromatic heterocycles. The second-order valence-corrected chi connectivity index (χ2v) is 4.95. The van der Waals surface area contributed by atoms with E-state index in [1.807, 2.05) is 0 Å². The van der Waals surface area contributed by atoms with E-state index in [1.54, 1.807) is 11.6 Å². The Morgan fingerprint density at radius 2 is 2.26 bits per heavy atom. The van der Waals surface area contributed by atoms with Crippen LogP contribution in [0.25, 0.3) is 4.96 Å². The Morgan fingerprint density at radius 1 is 1.42 bits per heavy atom. The molecule has 0 bridgehead atoms. The molecule has 0 aliphatic heterocycles. The number of amides is 1. The minimum Gasteiger partial charge on any atom is -0.396 e. The Labute approximate surface area is 113 Å². The summed E-state index contributed by atoms with van der Waals surface area (Å²) in [6, 6.07) is 0. The fourth-order valence-corrected chi connectivity index (χ4v) is 2.37. The first-order chi connectivity index (χ1) is 9.24. The van der Waals surface area contributed by atoms with E-state index in [1.165, 1.54) is 21.9 Å². The lowest BCUT2D eigenvalue weighted by Crippen LogP contribution is -2.31. The van der Waals surface area contributed by atoms with Gasteiger partial charge in [-0.15, -0.1) is 11.3 Å². The van der Waals surface area contributed by atoms with Gasteiger partial charge < -0.3 is 10.4 Å². The molecule has 0 aliphatic rings. The first kappa shape index (κ1) is 13.7. The smallest absolute Gasteiger partial charge is 0.271 e. The van der Waals surface area contributed by atoms with Crippen molar-refractivity contribution in [3.8, 4) is 0 Å². The highest BCUT2D eigenvalue weighted by atomic mass is 32.1. The Bertz CT molecular complexity index is 620. The highest BCUT2D eigenvalue weighted by molar-refractivity contribution is 7.15. The van der Waals surface area contributed by atoms with Gasteiger partial charge in [0, 0.05) is 30.9 Å². The molecule has 1 amide bonds. The van der Waals surface area contributed by atoms with E-state index < -0.39 is 5.91 Å². The van der Waals surface area contributed by atoms with E-state index in [0.29, 0.717) is 11.5 Å². The van der Waals surface area contributed by atoms with Crippen LogP contribution < -0.4 is 10.9 Å². The van der Waals surface area contributed by atoms with Crippen molar-refractivity contribution in [2.45, 2.75) is 19.3 Å². The predicted octanol–water partition coefficient (Wildman–Crippen LogP) is 0.648. The van der Waals surface area contributed by atoms with Gasteiger partial charge in [0.2, 0.25) is 0 Å². The number of aliphatic hydroxyl groups excluding tert-OH is 1. The maximum absolute atomic E-state index is 12.0. The predicted molar refractivity (Wildman–Crippen MR) is 72.6 cm³/mol. The summed E-state index contributed by atoms with van der Waals surface area (Å²) in [6.45, 7) is 0.651. The quantitative estimate of drug-likeness (QED) is 0.761. The second kappa shape index (κ2) is 6.44. The van der Waals surface area contributed by atoms with Gasteiger partial charge in [-0.2, -0.15) is 0 Å². The lowest BCUT2D eigenvalue weighted by Gasteiger charge is -2.04. The molecule has 0 aliphatic carbocycles. The number of carbonyl (C=O) groups excluding carboxylic acids is 1. The molecular weight excluding hydrogens is 266 g/mol. The van der Waals surface area contributed by atoms with Crippen molar-refractivity contribution >= 4 is 22.2 Å². The normalized spacial score (nSPS) is 10.8. The number of fused-ring (bicyclic) bond motifs is 1. The van der Waals surface area contributed by atoms with Crippen LogP contribution in [-0.2, 0) is 0 Å². The third-order valence-electron chi connectivity index (χ3n) is 2.71. The van der Waals surface area contributed by atoms with Crippen LogP contribution in [0.4, 0.5) is 0 Å². The maximum Gasteiger partial charge on any atom is 0.271 e. The van der Waals surface area contributed by atoms with Gasteiger partial charge >= 0.3 is 0 Å². The van der Waals surface area contributed by atoms with E-state index in [4.69, 9.17) is 5.11 Å².